The van der Waals surface area contributed by atoms with Crippen LogP contribution in [0.4, 0.5) is 0 Å². The van der Waals surface area contributed by atoms with Gasteiger partial charge in [0.2, 0.25) is 5.91 Å². The van der Waals surface area contributed by atoms with Crippen LogP contribution >= 0.6 is 0 Å². The van der Waals surface area contributed by atoms with Gasteiger partial charge in [-0.3, -0.25) is 4.79 Å². The molecule has 0 aromatic carbocycles. The summed E-state index contributed by atoms with van der Waals surface area (Å²) < 4.78 is 5.24. The molecule has 1 amide bonds. The second kappa shape index (κ2) is 5.50. The van der Waals surface area contributed by atoms with Crippen LogP contribution in [0.3, 0.4) is 0 Å². The standard InChI is InChI=1S/C12H23NO2/c1-4-12(3,5-2)10-11(14)13-6-8-15-9-7-13/h4-10H2,1-3H3. The van der Waals surface area contributed by atoms with E-state index in [0.717, 1.165) is 25.9 Å². The fourth-order valence-electron chi connectivity index (χ4n) is 1.79. The predicted molar refractivity (Wildman–Crippen MR) is 60.7 cm³/mol. The number of ether oxygens (including phenoxy) is 1. The Morgan fingerprint density at radius 3 is 2.27 bits per heavy atom. The molecule has 1 rings (SSSR count). The van der Waals surface area contributed by atoms with E-state index in [0.29, 0.717) is 25.5 Å². The molecular weight excluding hydrogens is 190 g/mol. The first-order valence-electron chi connectivity index (χ1n) is 5.97. The Hall–Kier alpha value is -0.570. The average Bonchev–Trinajstić information content (AvgIpc) is 2.30. The van der Waals surface area contributed by atoms with Gasteiger partial charge in [-0.05, 0) is 5.41 Å². The van der Waals surface area contributed by atoms with Gasteiger partial charge in [0.1, 0.15) is 0 Å². The lowest BCUT2D eigenvalue weighted by atomic mass is 9.81. The van der Waals surface area contributed by atoms with E-state index in [4.69, 9.17) is 4.74 Å². The molecule has 1 aliphatic rings. The fraction of sp³-hybridized carbons (Fsp3) is 0.917. The highest BCUT2D eigenvalue weighted by atomic mass is 16.5. The molecule has 1 aliphatic heterocycles. The van der Waals surface area contributed by atoms with Crippen molar-refractivity contribution in [1.29, 1.82) is 0 Å². The van der Waals surface area contributed by atoms with E-state index in [1.54, 1.807) is 0 Å². The van der Waals surface area contributed by atoms with Crippen molar-refractivity contribution < 1.29 is 9.53 Å². The molecule has 0 saturated carbocycles. The minimum absolute atomic E-state index is 0.176. The van der Waals surface area contributed by atoms with Crippen molar-refractivity contribution in [2.45, 2.75) is 40.0 Å². The zero-order valence-corrected chi connectivity index (χ0v) is 10.2. The van der Waals surface area contributed by atoms with Crippen LogP contribution < -0.4 is 0 Å². The maximum atomic E-state index is 12.0. The molecule has 0 bridgehead atoms. The highest BCUT2D eigenvalue weighted by molar-refractivity contribution is 5.77. The van der Waals surface area contributed by atoms with Gasteiger partial charge in [-0.1, -0.05) is 33.6 Å². The Labute approximate surface area is 92.8 Å². The molecule has 0 aliphatic carbocycles. The van der Waals surface area contributed by atoms with Gasteiger partial charge >= 0.3 is 0 Å². The van der Waals surface area contributed by atoms with Gasteiger partial charge in [0.25, 0.3) is 0 Å². The van der Waals surface area contributed by atoms with Crippen molar-refractivity contribution in [3.05, 3.63) is 0 Å². The summed E-state index contributed by atoms with van der Waals surface area (Å²) in [6.07, 6.45) is 2.82. The molecule has 15 heavy (non-hydrogen) atoms. The first kappa shape index (κ1) is 12.5. The zero-order valence-electron chi connectivity index (χ0n) is 10.2. The number of amides is 1. The molecule has 0 unspecified atom stereocenters. The van der Waals surface area contributed by atoms with Crippen molar-refractivity contribution in [1.82, 2.24) is 4.90 Å². The first-order valence-corrected chi connectivity index (χ1v) is 5.97. The smallest absolute Gasteiger partial charge is 0.223 e. The third kappa shape index (κ3) is 3.49. The molecule has 3 heteroatoms. The Morgan fingerprint density at radius 1 is 1.27 bits per heavy atom. The van der Waals surface area contributed by atoms with Gasteiger partial charge in [0.05, 0.1) is 13.2 Å². The molecule has 1 saturated heterocycles. The van der Waals surface area contributed by atoms with E-state index < -0.39 is 0 Å². The molecule has 1 fully saturated rings. The van der Waals surface area contributed by atoms with Crippen LogP contribution in [0.25, 0.3) is 0 Å². The lowest BCUT2D eigenvalue weighted by Gasteiger charge is -2.32. The highest BCUT2D eigenvalue weighted by Crippen LogP contribution is 2.30. The summed E-state index contributed by atoms with van der Waals surface area (Å²) in [5.74, 6) is 0.296. The van der Waals surface area contributed by atoms with Gasteiger partial charge in [-0.15, -0.1) is 0 Å². The topological polar surface area (TPSA) is 29.5 Å². The molecular formula is C12H23NO2. The number of morpholine rings is 1. The lowest BCUT2D eigenvalue weighted by Crippen LogP contribution is -2.42. The highest BCUT2D eigenvalue weighted by Gasteiger charge is 2.27. The monoisotopic (exact) mass is 213 g/mol. The van der Waals surface area contributed by atoms with E-state index in [1.807, 2.05) is 4.90 Å². The first-order chi connectivity index (χ1) is 7.11. The Morgan fingerprint density at radius 2 is 1.80 bits per heavy atom. The van der Waals surface area contributed by atoms with E-state index in [2.05, 4.69) is 20.8 Å². The largest absolute Gasteiger partial charge is 0.378 e. The van der Waals surface area contributed by atoms with E-state index in [-0.39, 0.29) is 5.41 Å². The van der Waals surface area contributed by atoms with Crippen molar-refractivity contribution in [2.75, 3.05) is 26.3 Å². The van der Waals surface area contributed by atoms with Gasteiger partial charge in [0, 0.05) is 19.5 Å². The predicted octanol–water partition coefficient (Wildman–Crippen LogP) is 2.06. The Bertz CT molecular complexity index is 206. The van der Waals surface area contributed by atoms with Gasteiger partial charge in [-0.25, -0.2) is 0 Å². The molecule has 0 spiro atoms. The number of hydrogen-bond acceptors (Lipinski definition) is 2. The maximum absolute atomic E-state index is 12.0. The quantitative estimate of drug-likeness (QED) is 0.715. The SMILES string of the molecule is CCC(C)(CC)CC(=O)N1CCOCC1. The van der Waals surface area contributed by atoms with Crippen molar-refractivity contribution in [2.24, 2.45) is 5.41 Å². The van der Waals surface area contributed by atoms with Crippen LogP contribution in [0.5, 0.6) is 0 Å². The van der Waals surface area contributed by atoms with E-state index >= 15 is 0 Å². The number of hydrogen-bond donors (Lipinski definition) is 0. The van der Waals surface area contributed by atoms with Crippen LogP contribution in [0, 0.1) is 5.41 Å². The molecule has 0 atom stereocenters. The van der Waals surface area contributed by atoms with Crippen LogP contribution in [-0.2, 0) is 9.53 Å². The second-order valence-electron chi connectivity index (χ2n) is 4.69. The summed E-state index contributed by atoms with van der Waals surface area (Å²) in [5.41, 5.74) is 0.176. The molecule has 1 heterocycles. The average molecular weight is 213 g/mol. The molecule has 0 radical (unpaired) electrons. The summed E-state index contributed by atoms with van der Waals surface area (Å²) in [5, 5.41) is 0. The van der Waals surface area contributed by atoms with Crippen molar-refractivity contribution >= 4 is 5.91 Å². The fourth-order valence-corrected chi connectivity index (χ4v) is 1.79. The zero-order chi connectivity index (χ0) is 11.3. The maximum Gasteiger partial charge on any atom is 0.223 e. The third-order valence-electron chi connectivity index (χ3n) is 3.65. The summed E-state index contributed by atoms with van der Waals surface area (Å²) in [6, 6.07) is 0. The van der Waals surface area contributed by atoms with Crippen LogP contribution in [0.2, 0.25) is 0 Å². The van der Waals surface area contributed by atoms with Gasteiger partial charge in [-0.2, -0.15) is 0 Å². The third-order valence-corrected chi connectivity index (χ3v) is 3.65. The van der Waals surface area contributed by atoms with Gasteiger partial charge in [0.15, 0.2) is 0 Å². The molecule has 0 aromatic heterocycles. The molecule has 0 N–H and O–H groups in total. The van der Waals surface area contributed by atoms with Crippen LogP contribution in [0.15, 0.2) is 0 Å². The summed E-state index contributed by atoms with van der Waals surface area (Å²) >= 11 is 0. The molecule has 88 valence electrons. The summed E-state index contributed by atoms with van der Waals surface area (Å²) in [7, 11) is 0. The summed E-state index contributed by atoms with van der Waals surface area (Å²) in [6.45, 7) is 9.45. The number of carbonyl (C=O) groups excluding carboxylic acids is 1. The van der Waals surface area contributed by atoms with E-state index in [9.17, 15) is 4.79 Å². The van der Waals surface area contributed by atoms with Crippen molar-refractivity contribution in [3.8, 4) is 0 Å². The van der Waals surface area contributed by atoms with Crippen LogP contribution in [-0.4, -0.2) is 37.1 Å². The minimum Gasteiger partial charge on any atom is -0.378 e. The summed E-state index contributed by atoms with van der Waals surface area (Å²) in [4.78, 5) is 13.9. The minimum atomic E-state index is 0.176. The Kier molecular flexibility index (Phi) is 4.58. The lowest BCUT2D eigenvalue weighted by molar-refractivity contribution is -0.137. The Balaban J connectivity index is 2.46. The van der Waals surface area contributed by atoms with Gasteiger partial charge < -0.3 is 9.64 Å². The number of nitrogens with zero attached hydrogens (tertiary/aromatic N) is 1. The number of carbonyl (C=O) groups is 1. The normalized spacial score (nSPS) is 17.9. The number of rotatable bonds is 4. The van der Waals surface area contributed by atoms with E-state index in [1.165, 1.54) is 0 Å². The molecule has 0 aromatic rings. The second-order valence-corrected chi connectivity index (χ2v) is 4.69. The van der Waals surface area contributed by atoms with Crippen molar-refractivity contribution in [3.63, 3.8) is 0 Å². The van der Waals surface area contributed by atoms with Crippen LogP contribution in [0.1, 0.15) is 40.0 Å². The molecule has 3 nitrogen and oxygen atoms in total.